The van der Waals surface area contributed by atoms with Crippen molar-refractivity contribution in [2.24, 2.45) is 5.92 Å². The van der Waals surface area contributed by atoms with Gasteiger partial charge in [0.1, 0.15) is 17.5 Å². The number of benzene rings is 1. The normalized spacial score (nSPS) is 21.3. The van der Waals surface area contributed by atoms with E-state index < -0.39 is 18.0 Å². The van der Waals surface area contributed by atoms with Gasteiger partial charge in [0.2, 0.25) is 5.88 Å². The van der Waals surface area contributed by atoms with Crippen molar-refractivity contribution in [3.63, 3.8) is 0 Å². The van der Waals surface area contributed by atoms with E-state index in [1.807, 2.05) is 6.92 Å². The minimum atomic E-state index is -0.450. The van der Waals surface area contributed by atoms with E-state index in [0.717, 1.165) is 25.7 Å². The number of carbonyl (C=O) groups excluding carboxylic acids is 2. The predicted octanol–water partition coefficient (Wildman–Crippen LogP) is 4.08. The van der Waals surface area contributed by atoms with Crippen molar-refractivity contribution < 1.29 is 23.8 Å². The molecule has 2 heterocycles. The van der Waals surface area contributed by atoms with Crippen LogP contribution in [0.25, 0.3) is 11.1 Å². The molecule has 4 rings (SSSR count). The van der Waals surface area contributed by atoms with Crippen molar-refractivity contribution in [1.82, 2.24) is 20.1 Å². The second-order valence-corrected chi connectivity index (χ2v) is 10.3. The van der Waals surface area contributed by atoms with Crippen molar-refractivity contribution in [2.75, 3.05) is 26.7 Å². The molecule has 0 bridgehead atoms. The summed E-state index contributed by atoms with van der Waals surface area (Å²) in [5, 5.41) is 13.0. The highest BCUT2D eigenvalue weighted by molar-refractivity contribution is 5.98. The average Bonchev–Trinajstić information content (AvgIpc) is 2.90. The Bertz CT molecular complexity index is 1110. The lowest BCUT2D eigenvalue weighted by Crippen LogP contribution is -2.52. The zero-order valence-electron chi connectivity index (χ0n) is 21.8. The van der Waals surface area contributed by atoms with Gasteiger partial charge in [-0.25, -0.2) is 14.2 Å². The van der Waals surface area contributed by atoms with Crippen LogP contribution in [-0.4, -0.2) is 76.8 Å². The second-order valence-electron chi connectivity index (χ2n) is 10.3. The number of rotatable bonds is 6. The fourth-order valence-corrected chi connectivity index (χ4v) is 5.05. The van der Waals surface area contributed by atoms with Crippen molar-refractivity contribution in [2.45, 2.75) is 64.1 Å². The number of fused-ring (bicyclic) bond motifs is 1. The molecule has 1 saturated carbocycles. The molecule has 1 aromatic heterocycles. The standard InChI is InChI=1S/C28H37FN4O4/c1-18-15-33(19(2)17-34)27(35)23-13-20(22-11-7-8-12-24(22)29)14-30-26(23)37-25(18)16-32(3)28(36)31-21-9-5-4-6-10-21/h7-8,11-14,18-19,21,25,34H,4-6,9-10,15-17H2,1-3H3,(H,31,36)/t18-,19+,25+/m1/s1. The van der Waals surface area contributed by atoms with Crippen LogP contribution in [0, 0.1) is 11.7 Å². The first-order chi connectivity index (χ1) is 17.8. The number of urea groups is 1. The molecule has 1 aliphatic carbocycles. The van der Waals surface area contributed by atoms with Crippen molar-refractivity contribution in [3.8, 4) is 17.0 Å². The van der Waals surface area contributed by atoms with Crippen molar-refractivity contribution in [3.05, 3.63) is 47.9 Å². The summed E-state index contributed by atoms with van der Waals surface area (Å²) in [6.45, 7) is 4.15. The van der Waals surface area contributed by atoms with E-state index >= 15 is 0 Å². The van der Waals surface area contributed by atoms with Crippen LogP contribution in [0.1, 0.15) is 56.3 Å². The van der Waals surface area contributed by atoms with Gasteiger partial charge in [-0.1, -0.05) is 44.4 Å². The van der Waals surface area contributed by atoms with Gasteiger partial charge in [0.25, 0.3) is 5.91 Å². The summed E-state index contributed by atoms with van der Waals surface area (Å²) in [5.74, 6) is -0.765. The number of nitrogens with one attached hydrogen (secondary N) is 1. The zero-order chi connectivity index (χ0) is 26.5. The third-order valence-electron chi connectivity index (χ3n) is 7.44. The number of nitrogens with zero attached hydrogens (tertiary/aromatic N) is 3. The summed E-state index contributed by atoms with van der Waals surface area (Å²) < 4.78 is 20.8. The van der Waals surface area contributed by atoms with Crippen molar-refractivity contribution in [1.29, 1.82) is 0 Å². The maximum atomic E-state index is 14.5. The number of aromatic nitrogens is 1. The Morgan fingerprint density at radius 2 is 2.00 bits per heavy atom. The Hall–Kier alpha value is -3.20. The predicted molar refractivity (Wildman–Crippen MR) is 139 cm³/mol. The van der Waals surface area contributed by atoms with E-state index in [0.29, 0.717) is 24.2 Å². The number of ether oxygens (including phenoxy) is 1. The molecule has 3 amide bonds. The number of amides is 3. The van der Waals surface area contributed by atoms with Gasteiger partial charge in [-0.15, -0.1) is 0 Å². The van der Waals surface area contributed by atoms with Crippen LogP contribution in [0.4, 0.5) is 9.18 Å². The largest absolute Gasteiger partial charge is 0.472 e. The van der Waals surface area contributed by atoms with Gasteiger partial charge in [-0.3, -0.25) is 4.79 Å². The maximum absolute atomic E-state index is 14.5. The number of halogens is 1. The third kappa shape index (κ3) is 6.21. The van der Waals surface area contributed by atoms with Gasteiger partial charge < -0.3 is 25.0 Å². The zero-order valence-corrected chi connectivity index (χ0v) is 21.8. The molecule has 37 heavy (non-hydrogen) atoms. The molecule has 0 spiro atoms. The first-order valence-corrected chi connectivity index (χ1v) is 13.1. The topological polar surface area (TPSA) is 95.0 Å². The Morgan fingerprint density at radius 3 is 2.70 bits per heavy atom. The molecular formula is C28H37FN4O4. The summed E-state index contributed by atoms with van der Waals surface area (Å²) >= 11 is 0. The van der Waals surface area contributed by atoms with Crippen LogP contribution in [0.15, 0.2) is 36.5 Å². The monoisotopic (exact) mass is 512 g/mol. The highest BCUT2D eigenvalue weighted by atomic mass is 19.1. The molecule has 2 N–H and O–H groups in total. The number of pyridine rings is 1. The number of hydrogen-bond donors (Lipinski definition) is 2. The molecule has 0 saturated heterocycles. The van der Waals surface area contributed by atoms with E-state index in [2.05, 4.69) is 10.3 Å². The molecule has 0 unspecified atom stereocenters. The van der Waals surface area contributed by atoms with Gasteiger partial charge in [0.15, 0.2) is 0 Å². The van der Waals surface area contributed by atoms with Crippen LogP contribution < -0.4 is 10.1 Å². The van der Waals surface area contributed by atoms with Gasteiger partial charge in [-0.2, -0.15) is 0 Å². The van der Waals surface area contributed by atoms with Crippen LogP contribution in [-0.2, 0) is 0 Å². The average molecular weight is 513 g/mol. The Labute approximate surface area is 217 Å². The summed E-state index contributed by atoms with van der Waals surface area (Å²) in [6.07, 6.45) is 6.49. The van der Waals surface area contributed by atoms with Crippen LogP contribution >= 0.6 is 0 Å². The lowest BCUT2D eigenvalue weighted by molar-refractivity contribution is 0.0351. The molecule has 8 nitrogen and oxygen atoms in total. The second kappa shape index (κ2) is 11.9. The summed E-state index contributed by atoms with van der Waals surface area (Å²) in [6, 6.07) is 7.51. The molecule has 1 aromatic carbocycles. The summed E-state index contributed by atoms with van der Waals surface area (Å²) in [4.78, 5) is 34.1. The van der Waals surface area contributed by atoms with Crippen LogP contribution in [0.5, 0.6) is 5.88 Å². The lowest BCUT2D eigenvalue weighted by Gasteiger charge is -2.38. The minimum Gasteiger partial charge on any atom is -0.472 e. The smallest absolute Gasteiger partial charge is 0.317 e. The molecule has 0 radical (unpaired) electrons. The summed E-state index contributed by atoms with van der Waals surface area (Å²) in [5.41, 5.74) is 0.991. The molecule has 1 fully saturated rings. The number of aliphatic hydroxyl groups is 1. The van der Waals surface area contributed by atoms with E-state index in [1.165, 1.54) is 18.7 Å². The van der Waals surface area contributed by atoms with E-state index in [-0.39, 0.29) is 41.9 Å². The summed E-state index contributed by atoms with van der Waals surface area (Å²) in [7, 11) is 1.74. The molecule has 3 atom stereocenters. The van der Waals surface area contributed by atoms with Gasteiger partial charge in [-0.05, 0) is 31.9 Å². The molecule has 200 valence electrons. The molecule has 1 aliphatic heterocycles. The van der Waals surface area contributed by atoms with Crippen molar-refractivity contribution >= 4 is 11.9 Å². The Balaban J connectivity index is 1.61. The van der Waals surface area contributed by atoms with Gasteiger partial charge in [0.05, 0.1) is 19.2 Å². The molecule has 9 heteroatoms. The Morgan fingerprint density at radius 1 is 1.27 bits per heavy atom. The quantitative estimate of drug-likeness (QED) is 0.608. The molecule has 2 aromatic rings. The van der Waals surface area contributed by atoms with E-state index in [4.69, 9.17) is 4.74 Å². The number of carbonyl (C=O) groups is 2. The molecular weight excluding hydrogens is 475 g/mol. The number of likely N-dealkylation sites (N-methyl/N-ethyl adjacent to an activating group) is 1. The van der Waals surface area contributed by atoms with Gasteiger partial charge in [0, 0.05) is 42.9 Å². The molecule has 2 aliphatic rings. The highest BCUT2D eigenvalue weighted by Crippen LogP contribution is 2.31. The third-order valence-corrected chi connectivity index (χ3v) is 7.44. The fraction of sp³-hybridized carbons (Fsp3) is 0.536. The highest BCUT2D eigenvalue weighted by Gasteiger charge is 2.35. The van der Waals surface area contributed by atoms with Crippen LogP contribution in [0.2, 0.25) is 0 Å². The lowest BCUT2D eigenvalue weighted by atomic mass is 9.96. The minimum absolute atomic E-state index is 0.137. The SMILES string of the molecule is C[C@@H]1CN([C@@H](C)CO)C(=O)c2cc(-c3ccccc3F)cnc2O[C@H]1CN(C)C(=O)NC1CCCCC1. The maximum Gasteiger partial charge on any atom is 0.317 e. The fourth-order valence-electron chi connectivity index (χ4n) is 5.05. The first-order valence-electron chi connectivity index (χ1n) is 13.1. The number of aliphatic hydroxyl groups excluding tert-OH is 1. The van der Waals surface area contributed by atoms with E-state index in [1.54, 1.807) is 48.0 Å². The number of hydrogen-bond acceptors (Lipinski definition) is 5. The van der Waals surface area contributed by atoms with Crippen LogP contribution in [0.3, 0.4) is 0 Å². The Kier molecular flexibility index (Phi) is 8.63. The van der Waals surface area contributed by atoms with Gasteiger partial charge >= 0.3 is 6.03 Å². The first kappa shape index (κ1) is 26.9. The van der Waals surface area contributed by atoms with E-state index in [9.17, 15) is 19.1 Å².